The van der Waals surface area contributed by atoms with Crippen LogP contribution in [0.5, 0.6) is 0 Å². The Morgan fingerprint density at radius 2 is 2.00 bits per heavy atom. The van der Waals surface area contributed by atoms with Crippen LogP contribution in [0.15, 0.2) is 18.2 Å². The van der Waals surface area contributed by atoms with Crippen molar-refractivity contribution < 1.29 is 4.58 Å². The molecule has 1 heterocycles. The Balaban J connectivity index is 2.63. The van der Waals surface area contributed by atoms with Gasteiger partial charge in [-0.15, -0.1) is 0 Å². The van der Waals surface area contributed by atoms with Gasteiger partial charge in [-0.3, -0.25) is 0 Å². The molecule has 1 aromatic rings. The van der Waals surface area contributed by atoms with E-state index in [4.69, 9.17) is 0 Å². The maximum absolute atomic E-state index is 2.48. The number of rotatable bonds is 2. The Bertz CT molecular complexity index is 458. The molecule has 0 unspecified atom stereocenters. The fourth-order valence-electron chi connectivity index (χ4n) is 2.48. The fourth-order valence-corrected chi connectivity index (χ4v) is 2.96. The van der Waals surface area contributed by atoms with Crippen LogP contribution in [0, 0.1) is 3.57 Å². The first kappa shape index (κ1) is 12.1. The summed E-state index contributed by atoms with van der Waals surface area (Å²) in [7, 11) is 0. The van der Waals surface area contributed by atoms with Crippen LogP contribution < -0.4 is 0 Å². The normalized spacial score (nSPS) is 17.8. The fraction of sp³-hybridized carbons (Fsp3) is 0.500. The van der Waals surface area contributed by atoms with Gasteiger partial charge in [0.1, 0.15) is 6.54 Å². The van der Waals surface area contributed by atoms with Gasteiger partial charge < -0.3 is 0 Å². The third-order valence-corrected chi connectivity index (χ3v) is 4.35. The maximum atomic E-state index is 2.48. The quantitative estimate of drug-likeness (QED) is 0.568. The van der Waals surface area contributed by atoms with Crippen LogP contribution in [0.1, 0.15) is 39.7 Å². The molecule has 0 N–H and O–H groups in total. The highest BCUT2D eigenvalue weighted by Gasteiger charge is 2.42. The summed E-state index contributed by atoms with van der Waals surface area (Å²) in [6, 6.07) is 6.81. The third-order valence-electron chi connectivity index (χ3n) is 3.68. The first-order chi connectivity index (χ1) is 7.48. The zero-order valence-corrected chi connectivity index (χ0v) is 12.6. The van der Waals surface area contributed by atoms with Crippen molar-refractivity contribution >= 4 is 34.0 Å². The van der Waals surface area contributed by atoms with Crippen LogP contribution in [0.4, 0.5) is 5.69 Å². The van der Waals surface area contributed by atoms with Gasteiger partial charge in [0.15, 0.2) is 5.71 Å². The Hall–Kier alpha value is -0.380. The molecule has 86 valence electrons. The van der Waals surface area contributed by atoms with Crippen molar-refractivity contribution in [2.75, 3.05) is 6.54 Å². The number of hydrogen-bond donors (Lipinski definition) is 0. The van der Waals surface area contributed by atoms with Gasteiger partial charge in [-0.1, -0.05) is 13.0 Å². The smallest absolute Gasteiger partial charge is 0.199 e. The van der Waals surface area contributed by atoms with Crippen LogP contribution in [-0.2, 0) is 5.41 Å². The largest absolute Gasteiger partial charge is 0.210 e. The highest BCUT2D eigenvalue weighted by atomic mass is 127. The van der Waals surface area contributed by atoms with E-state index in [0.29, 0.717) is 0 Å². The summed E-state index contributed by atoms with van der Waals surface area (Å²) in [4.78, 5) is 0. The summed E-state index contributed by atoms with van der Waals surface area (Å²) < 4.78 is 3.81. The molecule has 16 heavy (non-hydrogen) atoms. The molecule has 0 bridgehead atoms. The molecular formula is C14H19IN+. The van der Waals surface area contributed by atoms with Crippen molar-refractivity contribution in [3.05, 3.63) is 27.3 Å². The average molecular weight is 328 g/mol. The lowest BCUT2D eigenvalue weighted by Gasteiger charge is -2.14. The highest BCUT2D eigenvalue weighted by molar-refractivity contribution is 14.1. The zero-order valence-electron chi connectivity index (χ0n) is 10.5. The van der Waals surface area contributed by atoms with Crippen LogP contribution in [0.25, 0.3) is 0 Å². The Morgan fingerprint density at radius 3 is 2.62 bits per heavy atom. The van der Waals surface area contributed by atoms with Gasteiger partial charge in [0.25, 0.3) is 0 Å². The Kier molecular flexibility index (Phi) is 3.12. The van der Waals surface area contributed by atoms with Crippen LogP contribution in [-0.4, -0.2) is 16.8 Å². The number of hydrogen-bond acceptors (Lipinski definition) is 0. The number of halogens is 1. The van der Waals surface area contributed by atoms with Gasteiger partial charge in [-0.25, -0.2) is 0 Å². The van der Waals surface area contributed by atoms with E-state index >= 15 is 0 Å². The molecule has 2 heteroatoms. The van der Waals surface area contributed by atoms with Gasteiger partial charge in [0.2, 0.25) is 5.69 Å². The number of benzene rings is 1. The van der Waals surface area contributed by atoms with Crippen molar-refractivity contribution in [3.63, 3.8) is 0 Å². The van der Waals surface area contributed by atoms with Crippen molar-refractivity contribution in [1.82, 2.24) is 0 Å². The maximum Gasteiger partial charge on any atom is 0.210 e. The van der Waals surface area contributed by atoms with E-state index in [-0.39, 0.29) is 5.41 Å². The van der Waals surface area contributed by atoms with Crippen LogP contribution in [0.2, 0.25) is 0 Å². The molecule has 0 fully saturated rings. The second-order valence-electron chi connectivity index (χ2n) is 5.02. The van der Waals surface area contributed by atoms with Gasteiger partial charge in [-0.2, -0.15) is 4.58 Å². The Labute approximate surface area is 112 Å². The molecule has 0 saturated carbocycles. The zero-order chi connectivity index (χ0) is 11.9. The van der Waals surface area contributed by atoms with E-state index in [1.807, 2.05) is 0 Å². The lowest BCUT2D eigenvalue weighted by molar-refractivity contribution is -0.439. The topological polar surface area (TPSA) is 3.01 Å². The van der Waals surface area contributed by atoms with E-state index in [9.17, 15) is 0 Å². The van der Waals surface area contributed by atoms with E-state index in [1.165, 1.54) is 27.0 Å². The standard InChI is InChI=1S/C14H19IN/c1-5-8-16-10(2)14(3,4)12-7-6-11(15)9-13(12)16/h6-7,9H,5,8H2,1-4H3/q+1. The summed E-state index contributed by atoms with van der Waals surface area (Å²) in [6.45, 7) is 10.3. The third kappa shape index (κ3) is 1.71. The highest BCUT2D eigenvalue weighted by Crippen LogP contribution is 2.40. The van der Waals surface area contributed by atoms with Gasteiger partial charge in [0, 0.05) is 28.5 Å². The van der Waals surface area contributed by atoms with Crippen molar-refractivity contribution in [3.8, 4) is 0 Å². The van der Waals surface area contributed by atoms with Crippen molar-refractivity contribution in [2.45, 2.75) is 39.5 Å². The summed E-state index contributed by atoms with van der Waals surface area (Å²) >= 11 is 2.39. The van der Waals surface area contributed by atoms with E-state index in [0.717, 1.165) is 6.54 Å². The molecule has 2 rings (SSSR count). The van der Waals surface area contributed by atoms with Gasteiger partial charge >= 0.3 is 0 Å². The van der Waals surface area contributed by atoms with E-state index < -0.39 is 0 Å². The summed E-state index contributed by atoms with van der Waals surface area (Å²) in [5, 5.41) is 0. The van der Waals surface area contributed by atoms with E-state index in [2.05, 4.69) is 73.1 Å². The molecular weight excluding hydrogens is 309 g/mol. The molecule has 0 radical (unpaired) electrons. The summed E-state index contributed by atoms with van der Waals surface area (Å²) in [5.41, 5.74) is 4.55. The van der Waals surface area contributed by atoms with Crippen LogP contribution >= 0.6 is 22.6 Å². The molecule has 1 aliphatic heterocycles. The molecule has 1 aliphatic rings. The number of nitrogens with zero attached hydrogens (tertiary/aromatic N) is 1. The molecule has 0 aromatic heterocycles. The first-order valence-corrected chi connectivity index (χ1v) is 6.98. The van der Waals surface area contributed by atoms with Crippen LogP contribution in [0.3, 0.4) is 0 Å². The Morgan fingerprint density at radius 1 is 1.31 bits per heavy atom. The first-order valence-electron chi connectivity index (χ1n) is 5.90. The molecule has 0 amide bonds. The van der Waals surface area contributed by atoms with E-state index in [1.54, 1.807) is 0 Å². The minimum absolute atomic E-state index is 0.189. The lowest BCUT2D eigenvalue weighted by atomic mass is 9.82. The SMILES string of the molecule is CCC[N+]1=C(C)C(C)(C)c2ccc(I)cc21. The second kappa shape index (κ2) is 4.13. The predicted octanol–water partition coefficient (Wildman–Crippen LogP) is 4.10. The molecule has 0 atom stereocenters. The molecule has 0 spiro atoms. The average Bonchev–Trinajstić information content (AvgIpc) is 2.40. The van der Waals surface area contributed by atoms with Gasteiger partial charge in [0.05, 0.1) is 5.41 Å². The van der Waals surface area contributed by atoms with Crippen molar-refractivity contribution in [1.29, 1.82) is 0 Å². The van der Waals surface area contributed by atoms with Gasteiger partial charge in [-0.05, 0) is 42.5 Å². The lowest BCUT2D eigenvalue weighted by Crippen LogP contribution is -2.26. The molecule has 1 aromatic carbocycles. The second-order valence-corrected chi connectivity index (χ2v) is 6.27. The summed E-state index contributed by atoms with van der Waals surface area (Å²) in [6.07, 6.45) is 1.19. The van der Waals surface area contributed by atoms with Crippen molar-refractivity contribution in [2.24, 2.45) is 0 Å². The predicted molar refractivity (Wildman–Crippen MR) is 77.9 cm³/mol. The number of fused-ring (bicyclic) bond motifs is 1. The minimum Gasteiger partial charge on any atom is -0.199 e. The molecule has 0 aliphatic carbocycles. The monoisotopic (exact) mass is 328 g/mol. The summed E-state index contributed by atoms with van der Waals surface area (Å²) in [5.74, 6) is 0. The molecule has 1 nitrogen and oxygen atoms in total. The molecule has 0 saturated heterocycles. The minimum atomic E-state index is 0.189.